The Morgan fingerprint density at radius 3 is 2.94 bits per heavy atom. The smallest absolute Gasteiger partial charge is 0.121 e. The Morgan fingerprint density at radius 2 is 2.22 bits per heavy atom. The largest absolute Gasteiger partial charge is 0.399 e. The van der Waals surface area contributed by atoms with Gasteiger partial charge in [-0.3, -0.25) is 4.90 Å². The number of fused-ring (bicyclic) bond motifs is 1. The molecule has 0 saturated heterocycles. The van der Waals surface area contributed by atoms with E-state index in [0.29, 0.717) is 6.04 Å². The van der Waals surface area contributed by atoms with Gasteiger partial charge in [-0.15, -0.1) is 0 Å². The molecule has 0 aliphatic carbocycles. The summed E-state index contributed by atoms with van der Waals surface area (Å²) in [5.74, 6) is 1.00. The van der Waals surface area contributed by atoms with Crippen LogP contribution in [0.15, 0.2) is 18.2 Å². The highest BCUT2D eigenvalue weighted by Crippen LogP contribution is 2.16. The summed E-state index contributed by atoms with van der Waals surface area (Å²) in [5.41, 5.74) is 8.53. The lowest BCUT2D eigenvalue weighted by atomic mass is 10.2. The molecule has 1 aromatic carbocycles. The molecule has 0 spiro atoms. The van der Waals surface area contributed by atoms with Gasteiger partial charge in [0, 0.05) is 11.7 Å². The molecule has 0 aliphatic heterocycles. The average molecular weight is 246 g/mol. The van der Waals surface area contributed by atoms with E-state index in [9.17, 15) is 0 Å². The zero-order valence-corrected chi connectivity index (χ0v) is 11.4. The fourth-order valence-corrected chi connectivity index (χ4v) is 2.19. The van der Waals surface area contributed by atoms with Gasteiger partial charge in [-0.25, -0.2) is 4.98 Å². The van der Waals surface area contributed by atoms with Crippen molar-refractivity contribution in [3.8, 4) is 0 Å². The molecule has 3 N–H and O–H groups in total. The SMILES string of the molecule is CCCC(C)N(C)Cc1nc2ccc(N)cc2[nH]1. The maximum Gasteiger partial charge on any atom is 0.121 e. The molecule has 0 fully saturated rings. The van der Waals surface area contributed by atoms with Crippen molar-refractivity contribution in [3.63, 3.8) is 0 Å². The standard InChI is InChI=1S/C14H22N4/c1-4-5-10(2)18(3)9-14-16-12-7-6-11(15)8-13(12)17-14/h6-8,10H,4-5,9,15H2,1-3H3,(H,16,17). The molecular weight excluding hydrogens is 224 g/mol. The second-order valence-corrected chi connectivity index (χ2v) is 5.01. The van der Waals surface area contributed by atoms with Crippen molar-refractivity contribution in [2.24, 2.45) is 0 Å². The molecule has 0 amide bonds. The number of nitrogen functional groups attached to an aromatic ring is 1. The second kappa shape index (κ2) is 5.40. The van der Waals surface area contributed by atoms with Crippen LogP contribution in [0.4, 0.5) is 5.69 Å². The molecule has 98 valence electrons. The maximum atomic E-state index is 5.76. The number of nitrogens with two attached hydrogens (primary N) is 1. The van der Waals surface area contributed by atoms with Crippen LogP contribution in [0.25, 0.3) is 11.0 Å². The molecule has 0 bridgehead atoms. The van der Waals surface area contributed by atoms with E-state index in [4.69, 9.17) is 5.73 Å². The Hall–Kier alpha value is -1.55. The third kappa shape index (κ3) is 2.82. The van der Waals surface area contributed by atoms with E-state index < -0.39 is 0 Å². The molecule has 0 aliphatic rings. The summed E-state index contributed by atoms with van der Waals surface area (Å²) in [7, 11) is 2.14. The molecule has 1 unspecified atom stereocenters. The number of imidazole rings is 1. The molecule has 2 rings (SSSR count). The first-order valence-corrected chi connectivity index (χ1v) is 6.54. The monoisotopic (exact) mass is 246 g/mol. The van der Waals surface area contributed by atoms with Crippen molar-refractivity contribution in [2.75, 3.05) is 12.8 Å². The fourth-order valence-electron chi connectivity index (χ4n) is 2.19. The van der Waals surface area contributed by atoms with E-state index >= 15 is 0 Å². The molecule has 1 aromatic heterocycles. The van der Waals surface area contributed by atoms with Crippen LogP contribution >= 0.6 is 0 Å². The number of H-pyrrole nitrogens is 1. The molecule has 18 heavy (non-hydrogen) atoms. The predicted molar refractivity (Wildman–Crippen MR) is 76.3 cm³/mol. The Labute approximate surface area is 108 Å². The van der Waals surface area contributed by atoms with Crippen molar-refractivity contribution in [1.29, 1.82) is 0 Å². The second-order valence-electron chi connectivity index (χ2n) is 5.01. The van der Waals surface area contributed by atoms with Crippen molar-refractivity contribution >= 4 is 16.7 Å². The predicted octanol–water partition coefficient (Wildman–Crippen LogP) is 2.77. The number of nitrogens with one attached hydrogen (secondary N) is 1. The van der Waals surface area contributed by atoms with Gasteiger partial charge in [0.1, 0.15) is 5.82 Å². The van der Waals surface area contributed by atoms with Gasteiger partial charge >= 0.3 is 0 Å². The minimum absolute atomic E-state index is 0.577. The number of hydrogen-bond acceptors (Lipinski definition) is 3. The minimum Gasteiger partial charge on any atom is -0.399 e. The molecule has 1 heterocycles. The van der Waals surface area contributed by atoms with Gasteiger partial charge in [-0.2, -0.15) is 0 Å². The van der Waals surface area contributed by atoms with Crippen LogP contribution in [0.5, 0.6) is 0 Å². The quantitative estimate of drug-likeness (QED) is 0.798. The van der Waals surface area contributed by atoms with Crippen molar-refractivity contribution in [1.82, 2.24) is 14.9 Å². The van der Waals surface area contributed by atoms with E-state index in [1.807, 2.05) is 18.2 Å². The number of aromatic amines is 1. The van der Waals surface area contributed by atoms with Crippen LogP contribution in [0.1, 0.15) is 32.5 Å². The van der Waals surface area contributed by atoms with Crippen LogP contribution < -0.4 is 5.73 Å². The van der Waals surface area contributed by atoms with Crippen LogP contribution in [0.2, 0.25) is 0 Å². The van der Waals surface area contributed by atoms with Gasteiger partial charge in [-0.1, -0.05) is 13.3 Å². The third-order valence-electron chi connectivity index (χ3n) is 3.41. The van der Waals surface area contributed by atoms with Crippen LogP contribution in [0, 0.1) is 0 Å². The number of hydrogen-bond donors (Lipinski definition) is 2. The molecule has 1 atom stereocenters. The summed E-state index contributed by atoms with van der Waals surface area (Å²) in [6.45, 7) is 5.31. The van der Waals surface area contributed by atoms with Crippen molar-refractivity contribution < 1.29 is 0 Å². The molecule has 4 heteroatoms. The zero-order chi connectivity index (χ0) is 13.1. The summed E-state index contributed by atoms with van der Waals surface area (Å²) in [5, 5.41) is 0. The van der Waals surface area contributed by atoms with Crippen LogP contribution in [-0.4, -0.2) is 28.0 Å². The van der Waals surface area contributed by atoms with Crippen molar-refractivity contribution in [3.05, 3.63) is 24.0 Å². The number of benzene rings is 1. The Balaban J connectivity index is 2.12. The first kappa shape index (κ1) is 12.9. The van der Waals surface area contributed by atoms with Gasteiger partial charge in [0.25, 0.3) is 0 Å². The highest BCUT2D eigenvalue weighted by molar-refractivity contribution is 5.78. The van der Waals surface area contributed by atoms with Gasteiger partial charge in [0.05, 0.1) is 17.6 Å². The van der Waals surface area contributed by atoms with Gasteiger partial charge in [0.15, 0.2) is 0 Å². The topological polar surface area (TPSA) is 57.9 Å². The summed E-state index contributed by atoms with van der Waals surface area (Å²) in [6.07, 6.45) is 2.42. The lowest BCUT2D eigenvalue weighted by Gasteiger charge is -2.23. The Morgan fingerprint density at radius 1 is 1.44 bits per heavy atom. The van der Waals surface area contributed by atoms with E-state index in [-0.39, 0.29) is 0 Å². The average Bonchev–Trinajstić information content (AvgIpc) is 2.70. The summed E-state index contributed by atoms with van der Waals surface area (Å²) in [6, 6.07) is 6.35. The van der Waals surface area contributed by atoms with Gasteiger partial charge in [0.2, 0.25) is 0 Å². The normalized spacial score (nSPS) is 13.3. The lowest BCUT2D eigenvalue weighted by Crippen LogP contribution is -2.28. The van der Waals surface area contributed by atoms with E-state index in [1.54, 1.807) is 0 Å². The number of anilines is 1. The Bertz CT molecular complexity index is 517. The summed E-state index contributed by atoms with van der Waals surface area (Å²) < 4.78 is 0. The van der Waals surface area contributed by atoms with Crippen molar-refractivity contribution in [2.45, 2.75) is 39.3 Å². The number of rotatable bonds is 5. The molecule has 4 nitrogen and oxygen atoms in total. The minimum atomic E-state index is 0.577. The van der Waals surface area contributed by atoms with E-state index in [2.05, 4.69) is 35.8 Å². The zero-order valence-electron chi connectivity index (χ0n) is 11.4. The molecule has 0 radical (unpaired) electrons. The molecular formula is C14H22N4. The molecule has 2 aromatic rings. The highest BCUT2D eigenvalue weighted by atomic mass is 15.1. The number of nitrogens with zero attached hydrogens (tertiary/aromatic N) is 2. The van der Waals surface area contributed by atoms with E-state index in [1.165, 1.54) is 12.8 Å². The van der Waals surface area contributed by atoms with Gasteiger partial charge in [-0.05, 0) is 38.6 Å². The summed E-state index contributed by atoms with van der Waals surface area (Å²) >= 11 is 0. The fraction of sp³-hybridized carbons (Fsp3) is 0.500. The Kier molecular flexibility index (Phi) is 3.87. The van der Waals surface area contributed by atoms with E-state index in [0.717, 1.165) is 29.1 Å². The first-order chi connectivity index (χ1) is 8.60. The third-order valence-corrected chi connectivity index (χ3v) is 3.41. The first-order valence-electron chi connectivity index (χ1n) is 6.54. The molecule has 0 saturated carbocycles. The van der Waals surface area contributed by atoms with Crippen LogP contribution in [-0.2, 0) is 6.54 Å². The summed E-state index contributed by atoms with van der Waals surface area (Å²) in [4.78, 5) is 10.2. The van der Waals surface area contributed by atoms with Crippen LogP contribution in [0.3, 0.4) is 0 Å². The number of aromatic nitrogens is 2. The highest BCUT2D eigenvalue weighted by Gasteiger charge is 2.11. The maximum absolute atomic E-state index is 5.76. The van der Waals surface area contributed by atoms with Gasteiger partial charge < -0.3 is 10.7 Å². The lowest BCUT2D eigenvalue weighted by molar-refractivity contribution is 0.232.